The highest BCUT2D eigenvalue weighted by atomic mass is 32.2. The van der Waals surface area contributed by atoms with E-state index in [1.54, 1.807) is 19.9 Å². The van der Waals surface area contributed by atoms with Crippen LogP contribution in [0, 0.1) is 11.3 Å². The van der Waals surface area contributed by atoms with Gasteiger partial charge in [-0.2, -0.15) is 9.98 Å². The summed E-state index contributed by atoms with van der Waals surface area (Å²) in [5, 5.41) is 17.2. The Balaban J connectivity index is 1.49. The number of nitrogens with zero attached hydrogens (tertiary/aromatic N) is 7. The first kappa shape index (κ1) is 28.9. The monoisotopic (exact) mass is 636 g/mol. The first-order chi connectivity index (χ1) is 19.9. The number of halogens is 2. The Kier molecular flexibility index (Phi) is 7.04. The largest absolute Gasteiger partial charge is 0.291 e. The van der Waals surface area contributed by atoms with E-state index in [4.69, 9.17) is 0 Å². The maximum absolute atomic E-state index is 13.5. The van der Waals surface area contributed by atoms with Crippen LogP contribution in [0.1, 0.15) is 62.6 Å². The minimum atomic E-state index is -4.10. The lowest BCUT2D eigenvalue weighted by Gasteiger charge is -2.32. The van der Waals surface area contributed by atoms with Gasteiger partial charge in [0.1, 0.15) is 11.9 Å². The summed E-state index contributed by atoms with van der Waals surface area (Å²) in [5.74, 6) is -0.130. The number of sulfonamides is 2. The summed E-state index contributed by atoms with van der Waals surface area (Å²) >= 11 is 0.661. The van der Waals surface area contributed by atoms with Gasteiger partial charge in [0.2, 0.25) is 25.2 Å². The Morgan fingerprint density at radius 3 is 2.43 bits per heavy atom. The van der Waals surface area contributed by atoms with Gasteiger partial charge in [-0.3, -0.25) is 4.57 Å². The Labute approximate surface area is 244 Å². The molecule has 1 saturated heterocycles. The summed E-state index contributed by atoms with van der Waals surface area (Å²) in [6.45, 7) is 3.92. The molecule has 4 heterocycles. The van der Waals surface area contributed by atoms with E-state index >= 15 is 0 Å². The second-order valence-corrected chi connectivity index (χ2v) is 15.9. The van der Waals surface area contributed by atoms with Crippen molar-refractivity contribution in [2.75, 3.05) is 13.1 Å². The third-order valence-corrected chi connectivity index (χ3v) is 12.5. The van der Waals surface area contributed by atoms with Gasteiger partial charge in [-0.25, -0.2) is 39.9 Å². The van der Waals surface area contributed by atoms with Gasteiger partial charge in [-0.15, -0.1) is 10.2 Å². The molecule has 1 aromatic carbocycles. The van der Waals surface area contributed by atoms with Crippen LogP contribution in [0.5, 0.6) is 0 Å². The van der Waals surface area contributed by atoms with Crippen LogP contribution >= 0.6 is 11.3 Å². The molecule has 0 spiro atoms. The van der Waals surface area contributed by atoms with Gasteiger partial charge in [0, 0.05) is 29.8 Å². The summed E-state index contributed by atoms with van der Waals surface area (Å²) in [7, 11) is -7.51. The van der Waals surface area contributed by atoms with Crippen LogP contribution in [-0.4, -0.2) is 69.8 Å². The smallest absolute Gasteiger partial charge is 0.268 e. The Bertz CT molecular complexity index is 1960. The molecule has 1 aliphatic carbocycles. The molecule has 0 bridgehead atoms. The van der Waals surface area contributed by atoms with Gasteiger partial charge in [-0.05, 0) is 51.7 Å². The van der Waals surface area contributed by atoms with E-state index in [1.807, 2.05) is 6.07 Å². The van der Waals surface area contributed by atoms with Crippen molar-refractivity contribution in [3.8, 4) is 11.2 Å². The van der Waals surface area contributed by atoms with Gasteiger partial charge in [0.25, 0.3) is 6.43 Å². The van der Waals surface area contributed by atoms with Crippen molar-refractivity contribution in [2.24, 2.45) is 0 Å². The molecular formula is C25H26F2N8O4S3. The highest BCUT2D eigenvalue weighted by Gasteiger charge is 2.47. The molecule has 222 valence electrons. The molecule has 17 heteroatoms. The molecule has 42 heavy (non-hydrogen) atoms. The number of aromatic nitrogens is 5. The normalized spacial score (nSPS) is 18.3. The second-order valence-electron chi connectivity index (χ2n) is 10.8. The van der Waals surface area contributed by atoms with Crippen LogP contribution in [0.25, 0.3) is 27.1 Å². The molecule has 2 fully saturated rings. The predicted molar refractivity (Wildman–Crippen MR) is 150 cm³/mol. The zero-order valence-corrected chi connectivity index (χ0v) is 25.0. The number of hydrogen-bond acceptors (Lipinski definition) is 10. The topological polar surface area (TPSA) is 164 Å². The second kappa shape index (κ2) is 10.2. The van der Waals surface area contributed by atoms with E-state index in [-0.39, 0.29) is 15.9 Å². The minimum Gasteiger partial charge on any atom is -0.268 e. The number of rotatable bonds is 8. The lowest BCUT2D eigenvalue weighted by molar-refractivity contribution is 0.150. The van der Waals surface area contributed by atoms with E-state index in [0.717, 1.165) is 0 Å². The molecule has 1 aliphatic heterocycles. The van der Waals surface area contributed by atoms with Gasteiger partial charge < -0.3 is 0 Å². The van der Waals surface area contributed by atoms with Crippen molar-refractivity contribution in [1.29, 1.82) is 5.26 Å². The molecule has 2 aliphatic rings. The summed E-state index contributed by atoms with van der Waals surface area (Å²) in [4.78, 5) is 8.91. The van der Waals surface area contributed by atoms with Crippen molar-refractivity contribution in [2.45, 2.75) is 67.6 Å². The van der Waals surface area contributed by atoms with Crippen LogP contribution in [0.2, 0.25) is 0 Å². The number of benzene rings is 1. The quantitative estimate of drug-likeness (QED) is 0.304. The average Bonchev–Trinajstić information content (AvgIpc) is 3.40. The molecule has 1 saturated carbocycles. The molecule has 4 aromatic rings. The Morgan fingerprint density at radius 2 is 1.83 bits per heavy atom. The van der Waals surface area contributed by atoms with Crippen molar-refractivity contribution in [3.05, 3.63) is 35.2 Å². The summed E-state index contributed by atoms with van der Waals surface area (Å²) in [5.41, 5.74) is 0.192. The van der Waals surface area contributed by atoms with Gasteiger partial charge in [0.15, 0.2) is 10.7 Å². The van der Waals surface area contributed by atoms with Crippen LogP contribution < -0.4 is 4.72 Å². The number of piperidine rings is 1. The Hall–Kier alpha value is -3.17. The summed E-state index contributed by atoms with van der Waals surface area (Å²) < 4.78 is 84.3. The minimum absolute atomic E-state index is 0.0750. The Morgan fingerprint density at radius 1 is 1.12 bits per heavy atom. The molecule has 0 atom stereocenters. The van der Waals surface area contributed by atoms with E-state index in [2.05, 4.69) is 24.9 Å². The molecule has 1 N–H and O–H groups in total. The third-order valence-electron chi connectivity index (χ3n) is 7.76. The van der Waals surface area contributed by atoms with E-state index < -0.39 is 42.3 Å². The van der Waals surface area contributed by atoms with Crippen molar-refractivity contribution in [3.63, 3.8) is 0 Å². The maximum atomic E-state index is 13.5. The van der Waals surface area contributed by atoms with E-state index in [9.17, 15) is 30.9 Å². The van der Waals surface area contributed by atoms with Crippen LogP contribution in [0.4, 0.5) is 8.78 Å². The lowest BCUT2D eigenvalue weighted by atomic mass is 9.92. The number of nitrogens with one attached hydrogen (secondary N) is 1. The molecule has 0 amide bonds. The van der Waals surface area contributed by atoms with E-state index in [0.29, 0.717) is 77.7 Å². The average molecular weight is 637 g/mol. The highest BCUT2D eigenvalue weighted by Crippen LogP contribution is 2.41. The molecule has 12 nitrogen and oxygen atoms in total. The molecule has 6 rings (SSSR count). The maximum Gasteiger partial charge on any atom is 0.291 e. The first-order valence-electron chi connectivity index (χ1n) is 13.2. The van der Waals surface area contributed by atoms with Crippen molar-refractivity contribution in [1.82, 2.24) is 33.8 Å². The van der Waals surface area contributed by atoms with Gasteiger partial charge in [0.05, 0.1) is 27.4 Å². The van der Waals surface area contributed by atoms with Crippen molar-refractivity contribution < 1.29 is 25.6 Å². The zero-order valence-electron chi connectivity index (χ0n) is 22.5. The first-order valence-corrected chi connectivity index (χ1v) is 17.0. The summed E-state index contributed by atoms with van der Waals surface area (Å²) in [6.07, 6.45) is 0.327. The third kappa shape index (κ3) is 4.84. The molecular weight excluding hydrogens is 611 g/mol. The van der Waals surface area contributed by atoms with Crippen LogP contribution in [-0.2, 0) is 20.0 Å². The van der Waals surface area contributed by atoms with Crippen molar-refractivity contribution >= 4 is 53.3 Å². The highest BCUT2D eigenvalue weighted by molar-refractivity contribution is 7.89. The zero-order chi connectivity index (χ0) is 30.0. The summed E-state index contributed by atoms with van der Waals surface area (Å²) in [6, 6.07) is 6.43. The van der Waals surface area contributed by atoms with Gasteiger partial charge in [-0.1, -0.05) is 17.4 Å². The van der Waals surface area contributed by atoms with Crippen LogP contribution in [0.3, 0.4) is 0 Å². The fraction of sp³-hybridized carbons (Fsp3) is 0.480. The lowest BCUT2D eigenvalue weighted by Crippen LogP contribution is -2.41. The predicted octanol–water partition coefficient (Wildman–Crippen LogP) is 3.61. The molecule has 0 radical (unpaired) electrons. The molecule has 0 unspecified atom stereocenters. The number of nitriles is 1. The number of fused-ring (bicyclic) bond motifs is 3. The number of hydrogen-bond donors (Lipinski definition) is 1. The van der Waals surface area contributed by atoms with Gasteiger partial charge >= 0.3 is 0 Å². The standard InChI is InChI=1S/C25H26F2N8O4S3/c1-14(2)42(38,39)34-9-5-15(6-10-34)20-19-17-4-3-16(41(36,37)33-25(12-28)7-8-25)11-18(17)35(22(19)30-13-29-20)24-32-31-23(40-24)21(26)27/h3-4,11,13-15,21,33H,5-10H2,1-2H3. The fourth-order valence-corrected chi connectivity index (χ4v) is 8.70. The fourth-order valence-electron chi connectivity index (χ4n) is 5.27. The van der Waals surface area contributed by atoms with E-state index in [1.165, 1.54) is 27.3 Å². The van der Waals surface area contributed by atoms with Crippen LogP contribution in [0.15, 0.2) is 29.4 Å². The number of alkyl halides is 2. The SMILES string of the molecule is CC(C)S(=O)(=O)N1CCC(c2ncnc3c2c2ccc(S(=O)(=O)NC4(C#N)CC4)cc2n3-c2nnc(C(F)F)s2)CC1. The molecule has 3 aromatic heterocycles.